The molecule has 3 N–H and O–H groups in total. The molecule has 0 bridgehead atoms. The Hall–Kier alpha value is -0.890. The second-order valence-corrected chi connectivity index (χ2v) is 3.50. The highest BCUT2D eigenvalue weighted by molar-refractivity contribution is 14.0. The Bertz CT molecular complexity index is 332. The molecule has 0 saturated carbocycles. The van der Waals surface area contributed by atoms with Gasteiger partial charge in [0.05, 0.1) is 12.2 Å². The fourth-order valence-corrected chi connectivity index (χ4v) is 1.25. The van der Waals surface area contributed by atoms with E-state index in [1.54, 1.807) is 6.20 Å². The first kappa shape index (κ1) is 17.1. The van der Waals surface area contributed by atoms with Crippen LogP contribution >= 0.6 is 24.0 Å². The number of nitrogens with two attached hydrogens (primary N) is 1. The summed E-state index contributed by atoms with van der Waals surface area (Å²) in [5.74, 6) is 0.451. The van der Waals surface area contributed by atoms with Gasteiger partial charge in [-0.1, -0.05) is 6.07 Å². The first-order valence-corrected chi connectivity index (χ1v) is 5.84. The molecule has 6 heteroatoms. The topological polar surface area (TPSA) is 72.5 Å². The molecular weight excluding hydrogens is 343 g/mol. The molecule has 0 radical (unpaired) electrons. The normalized spacial score (nSPS) is 10.8. The Morgan fingerprint density at radius 3 is 3.00 bits per heavy atom. The lowest BCUT2D eigenvalue weighted by molar-refractivity contribution is 0.145. The second-order valence-electron chi connectivity index (χ2n) is 3.50. The molecule has 1 heterocycles. The van der Waals surface area contributed by atoms with Crippen LogP contribution in [0.2, 0.25) is 0 Å². The maximum absolute atomic E-state index is 5.71. The number of guanidine groups is 1. The SMILES string of the molecule is CCOCCCNC(N)=NCc1ccccn1.I. The molecule has 18 heavy (non-hydrogen) atoms. The zero-order chi connectivity index (χ0) is 12.3. The summed E-state index contributed by atoms with van der Waals surface area (Å²) in [5.41, 5.74) is 6.62. The van der Waals surface area contributed by atoms with Gasteiger partial charge in [-0.25, -0.2) is 4.99 Å². The summed E-state index contributed by atoms with van der Waals surface area (Å²) in [6.07, 6.45) is 2.67. The summed E-state index contributed by atoms with van der Waals surface area (Å²) < 4.78 is 5.21. The minimum Gasteiger partial charge on any atom is -0.382 e. The van der Waals surface area contributed by atoms with Crippen LogP contribution < -0.4 is 11.1 Å². The van der Waals surface area contributed by atoms with Crippen molar-refractivity contribution in [2.24, 2.45) is 10.7 Å². The molecule has 102 valence electrons. The van der Waals surface area contributed by atoms with Gasteiger partial charge in [0.15, 0.2) is 5.96 Å². The van der Waals surface area contributed by atoms with Gasteiger partial charge in [-0.05, 0) is 25.5 Å². The number of aliphatic imine (C=N–C) groups is 1. The Morgan fingerprint density at radius 1 is 1.50 bits per heavy atom. The smallest absolute Gasteiger partial charge is 0.188 e. The van der Waals surface area contributed by atoms with Gasteiger partial charge in [0, 0.05) is 26.0 Å². The molecule has 0 aromatic carbocycles. The Labute approximate surface area is 125 Å². The average molecular weight is 364 g/mol. The van der Waals surface area contributed by atoms with Gasteiger partial charge in [0.25, 0.3) is 0 Å². The van der Waals surface area contributed by atoms with Crippen molar-refractivity contribution in [1.82, 2.24) is 10.3 Å². The number of halogens is 1. The van der Waals surface area contributed by atoms with Crippen molar-refractivity contribution >= 4 is 29.9 Å². The number of pyridine rings is 1. The lowest BCUT2D eigenvalue weighted by Gasteiger charge is -2.05. The number of hydrogen-bond acceptors (Lipinski definition) is 3. The second kappa shape index (κ2) is 11.2. The number of hydrogen-bond donors (Lipinski definition) is 2. The summed E-state index contributed by atoms with van der Waals surface area (Å²) >= 11 is 0. The van der Waals surface area contributed by atoms with Gasteiger partial charge in [-0.2, -0.15) is 0 Å². The maximum atomic E-state index is 5.71. The van der Waals surface area contributed by atoms with Gasteiger partial charge in [0.2, 0.25) is 0 Å². The third-order valence-electron chi connectivity index (χ3n) is 2.11. The highest BCUT2D eigenvalue weighted by atomic mass is 127. The summed E-state index contributed by atoms with van der Waals surface area (Å²) in [5, 5.41) is 3.03. The largest absolute Gasteiger partial charge is 0.382 e. The van der Waals surface area contributed by atoms with Crippen LogP contribution in [-0.2, 0) is 11.3 Å². The van der Waals surface area contributed by atoms with E-state index in [0.717, 1.165) is 31.9 Å². The van der Waals surface area contributed by atoms with E-state index in [1.807, 2.05) is 25.1 Å². The molecule has 0 aliphatic heterocycles. The third kappa shape index (κ3) is 8.24. The predicted octanol–water partition coefficient (Wildman–Crippen LogP) is 1.53. The van der Waals surface area contributed by atoms with Crippen LogP contribution in [0.1, 0.15) is 19.0 Å². The standard InChI is InChI=1S/C12H20N4O.HI/c1-2-17-9-5-8-15-12(13)16-10-11-6-3-4-7-14-11;/h3-4,6-7H,2,5,8-10H2,1H3,(H3,13,15,16);1H. The monoisotopic (exact) mass is 364 g/mol. The maximum Gasteiger partial charge on any atom is 0.188 e. The number of rotatable bonds is 7. The first-order chi connectivity index (χ1) is 8.33. The van der Waals surface area contributed by atoms with Crippen LogP contribution in [0.3, 0.4) is 0 Å². The quantitative estimate of drug-likeness (QED) is 0.333. The van der Waals surface area contributed by atoms with E-state index < -0.39 is 0 Å². The molecule has 1 aromatic rings. The van der Waals surface area contributed by atoms with Crippen molar-refractivity contribution in [3.63, 3.8) is 0 Å². The molecule has 1 aromatic heterocycles. The van der Waals surface area contributed by atoms with Crippen molar-refractivity contribution in [3.05, 3.63) is 30.1 Å². The van der Waals surface area contributed by atoms with E-state index in [4.69, 9.17) is 10.5 Å². The Morgan fingerprint density at radius 2 is 2.33 bits per heavy atom. The van der Waals surface area contributed by atoms with E-state index in [0.29, 0.717) is 12.5 Å². The molecule has 0 unspecified atom stereocenters. The van der Waals surface area contributed by atoms with Crippen molar-refractivity contribution in [2.45, 2.75) is 19.9 Å². The number of aromatic nitrogens is 1. The zero-order valence-electron chi connectivity index (χ0n) is 10.6. The Kier molecular flexibility index (Phi) is 10.7. The predicted molar refractivity (Wildman–Crippen MR) is 84.1 cm³/mol. The molecule has 1 rings (SSSR count). The fraction of sp³-hybridized carbons (Fsp3) is 0.500. The third-order valence-corrected chi connectivity index (χ3v) is 2.11. The van der Waals surface area contributed by atoms with Crippen LogP contribution in [-0.4, -0.2) is 30.7 Å². The van der Waals surface area contributed by atoms with Crippen LogP contribution in [0.15, 0.2) is 29.4 Å². The molecule has 0 aliphatic rings. The zero-order valence-corrected chi connectivity index (χ0v) is 13.0. The van der Waals surface area contributed by atoms with Crippen molar-refractivity contribution in [1.29, 1.82) is 0 Å². The number of nitrogens with one attached hydrogen (secondary N) is 1. The lowest BCUT2D eigenvalue weighted by atomic mass is 10.3. The summed E-state index contributed by atoms with van der Waals surface area (Å²) in [7, 11) is 0. The van der Waals surface area contributed by atoms with Gasteiger partial charge in [-0.15, -0.1) is 24.0 Å². The van der Waals surface area contributed by atoms with Crippen LogP contribution in [0.5, 0.6) is 0 Å². The van der Waals surface area contributed by atoms with E-state index in [9.17, 15) is 0 Å². The molecular formula is C12H21IN4O. The molecule has 5 nitrogen and oxygen atoms in total. The summed E-state index contributed by atoms with van der Waals surface area (Å²) in [4.78, 5) is 8.35. The molecule has 0 spiro atoms. The minimum atomic E-state index is 0. The molecule has 0 amide bonds. The Balaban J connectivity index is 0.00000289. The van der Waals surface area contributed by atoms with Crippen molar-refractivity contribution in [3.8, 4) is 0 Å². The van der Waals surface area contributed by atoms with Gasteiger partial charge in [0.1, 0.15) is 0 Å². The first-order valence-electron chi connectivity index (χ1n) is 5.84. The minimum absolute atomic E-state index is 0. The lowest BCUT2D eigenvalue weighted by Crippen LogP contribution is -2.32. The van der Waals surface area contributed by atoms with E-state index in [-0.39, 0.29) is 24.0 Å². The molecule has 0 fully saturated rings. The average Bonchev–Trinajstić information content (AvgIpc) is 2.37. The van der Waals surface area contributed by atoms with Crippen LogP contribution in [0, 0.1) is 0 Å². The molecule has 0 saturated heterocycles. The number of nitrogens with zero attached hydrogens (tertiary/aromatic N) is 2. The number of ether oxygens (including phenoxy) is 1. The van der Waals surface area contributed by atoms with E-state index in [1.165, 1.54) is 0 Å². The molecule has 0 aliphatic carbocycles. The van der Waals surface area contributed by atoms with E-state index in [2.05, 4.69) is 15.3 Å². The van der Waals surface area contributed by atoms with Gasteiger partial charge < -0.3 is 15.8 Å². The highest BCUT2D eigenvalue weighted by Gasteiger charge is 1.93. The van der Waals surface area contributed by atoms with Crippen molar-refractivity contribution < 1.29 is 4.74 Å². The summed E-state index contributed by atoms with van der Waals surface area (Å²) in [6.45, 7) is 4.76. The van der Waals surface area contributed by atoms with Crippen molar-refractivity contribution in [2.75, 3.05) is 19.8 Å². The summed E-state index contributed by atoms with van der Waals surface area (Å²) in [6, 6.07) is 5.73. The highest BCUT2D eigenvalue weighted by Crippen LogP contribution is 1.94. The van der Waals surface area contributed by atoms with Crippen LogP contribution in [0.4, 0.5) is 0 Å². The van der Waals surface area contributed by atoms with E-state index >= 15 is 0 Å². The fourth-order valence-electron chi connectivity index (χ4n) is 1.25. The van der Waals surface area contributed by atoms with Gasteiger partial charge >= 0.3 is 0 Å². The van der Waals surface area contributed by atoms with Gasteiger partial charge in [-0.3, -0.25) is 4.98 Å². The molecule has 0 atom stereocenters. The van der Waals surface area contributed by atoms with Crippen LogP contribution in [0.25, 0.3) is 0 Å².